The summed E-state index contributed by atoms with van der Waals surface area (Å²) in [7, 11) is 0. The minimum absolute atomic E-state index is 0.0607. The molecule has 5 rings (SSSR count). The molecule has 0 aliphatic carbocycles. The van der Waals surface area contributed by atoms with E-state index in [1.54, 1.807) is 6.07 Å². The van der Waals surface area contributed by atoms with Crippen LogP contribution in [0.1, 0.15) is 43.6 Å². The van der Waals surface area contributed by atoms with Gasteiger partial charge in [-0.1, -0.05) is 25.5 Å². The molecule has 1 saturated heterocycles. The molecule has 0 radical (unpaired) electrons. The second-order valence-electron chi connectivity index (χ2n) is 8.31. The van der Waals surface area contributed by atoms with E-state index in [2.05, 4.69) is 34.0 Å². The number of benzene rings is 1. The van der Waals surface area contributed by atoms with Crippen LogP contribution in [-0.4, -0.2) is 37.9 Å². The molecule has 3 aromatic heterocycles. The fraction of sp³-hybridized carbons (Fsp3) is 0.320. The molecular weight excluding hydrogens is 400 g/mol. The van der Waals surface area contributed by atoms with Crippen molar-refractivity contribution < 1.29 is 5.11 Å². The molecule has 0 saturated carbocycles. The molecule has 1 aromatic carbocycles. The second kappa shape index (κ2) is 8.68. The Bertz CT molecular complexity index is 1250. The summed E-state index contributed by atoms with van der Waals surface area (Å²) in [6, 6.07) is 16.0. The van der Waals surface area contributed by atoms with E-state index in [-0.39, 0.29) is 12.6 Å². The molecule has 3 N–H and O–H groups in total. The normalized spacial score (nSPS) is 14.5. The summed E-state index contributed by atoms with van der Waals surface area (Å²) in [5, 5.41) is 15.3. The van der Waals surface area contributed by atoms with E-state index in [0.717, 1.165) is 53.8 Å². The van der Waals surface area contributed by atoms with Crippen molar-refractivity contribution in [2.24, 2.45) is 5.73 Å². The summed E-state index contributed by atoms with van der Waals surface area (Å²) in [5.41, 5.74) is 12.0. The van der Waals surface area contributed by atoms with Crippen LogP contribution in [-0.2, 0) is 6.61 Å². The zero-order valence-corrected chi connectivity index (χ0v) is 18.3. The summed E-state index contributed by atoms with van der Waals surface area (Å²) in [6.07, 6.45) is 5.03. The van der Waals surface area contributed by atoms with Crippen LogP contribution in [0.25, 0.3) is 28.0 Å². The zero-order valence-electron chi connectivity index (χ0n) is 18.3. The van der Waals surface area contributed by atoms with Crippen LogP contribution in [0.3, 0.4) is 0 Å². The van der Waals surface area contributed by atoms with Gasteiger partial charge in [-0.2, -0.15) is 5.10 Å². The first kappa shape index (κ1) is 20.6. The predicted octanol–water partition coefficient (Wildman–Crippen LogP) is 3.98. The quantitative estimate of drug-likeness (QED) is 0.462. The number of aliphatic hydroxyl groups is 1. The first-order valence-electron chi connectivity index (χ1n) is 11.2. The van der Waals surface area contributed by atoms with E-state index in [0.29, 0.717) is 11.5 Å². The number of hydrogen-bond acceptors (Lipinski definition) is 6. The van der Waals surface area contributed by atoms with Crippen molar-refractivity contribution in [2.45, 2.75) is 38.8 Å². The van der Waals surface area contributed by atoms with Crippen LogP contribution < -0.4 is 10.6 Å². The Morgan fingerprint density at radius 2 is 1.94 bits per heavy atom. The SMILES string of the molecule is CCCC(N)c1cccc(-c2cc(N3CCC3)c3cnn(-c4cccc(CO)n4)c3c2)n1. The predicted molar refractivity (Wildman–Crippen MR) is 127 cm³/mol. The number of pyridine rings is 2. The van der Waals surface area contributed by atoms with Gasteiger partial charge < -0.3 is 15.7 Å². The second-order valence-corrected chi connectivity index (χ2v) is 8.31. The van der Waals surface area contributed by atoms with Crippen molar-refractivity contribution in [1.29, 1.82) is 0 Å². The Morgan fingerprint density at radius 3 is 2.69 bits per heavy atom. The first-order chi connectivity index (χ1) is 15.7. The van der Waals surface area contributed by atoms with Gasteiger partial charge in [-0.3, -0.25) is 4.98 Å². The minimum Gasteiger partial charge on any atom is -0.390 e. The molecular formula is C25H28N6O. The Morgan fingerprint density at radius 1 is 1.09 bits per heavy atom. The highest BCUT2D eigenvalue weighted by molar-refractivity contribution is 5.96. The summed E-state index contributed by atoms with van der Waals surface area (Å²) in [4.78, 5) is 11.8. The Kier molecular flexibility index (Phi) is 5.59. The zero-order chi connectivity index (χ0) is 22.1. The number of nitrogens with two attached hydrogens (primary N) is 1. The molecule has 164 valence electrons. The summed E-state index contributed by atoms with van der Waals surface area (Å²) in [6.45, 7) is 4.11. The topological polar surface area (TPSA) is 93.1 Å². The molecule has 1 unspecified atom stereocenters. The van der Waals surface area contributed by atoms with Gasteiger partial charge in [0, 0.05) is 35.8 Å². The number of anilines is 1. The fourth-order valence-corrected chi connectivity index (χ4v) is 4.21. The van der Waals surface area contributed by atoms with Gasteiger partial charge in [0.25, 0.3) is 0 Å². The number of nitrogens with zero attached hydrogens (tertiary/aromatic N) is 5. The standard InChI is InChI=1S/C25H28N6O/c1-2-6-20(26)22-9-4-8-21(29-22)17-13-23(30-11-5-12-30)19-15-27-31(24(19)14-17)25-10-3-7-18(16-32)28-25/h3-4,7-10,13-15,20,32H,2,5-6,11-12,16,26H2,1H3. The van der Waals surface area contributed by atoms with Crippen molar-refractivity contribution in [3.8, 4) is 17.1 Å². The highest BCUT2D eigenvalue weighted by Crippen LogP contribution is 2.35. The molecule has 4 heterocycles. The van der Waals surface area contributed by atoms with Crippen LogP contribution in [0.4, 0.5) is 5.69 Å². The lowest BCUT2D eigenvalue weighted by Crippen LogP contribution is -2.37. The molecule has 1 atom stereocenters. The van der Waals surface area contributed by atoms with E-state index in [1.165, 1.54) is 12.1 Å². The molecule has 1 aliphatic heterocycles. The lowest BCUT2D eigenvalue weighted by Gasteiger charge is -2.34. The van der Waals surface area contributed by atoms with E-state index in [9.17, 15) is 5.11 Å². The third kappa shape index (κ3) is 3.74. The highest BCUT2D eigenvalue weighted by atomic mass is 16.3. The van der Waals surface area contributed by atoms with Crippen LogP contribution in [0.5, 0.6) is 0 Å². The molecule has 0 amide bonds. The molecule has 4 aromatic rings. The molecule has 1 fully saturated rings. The summed E-state index contributed by atoms with van der Waals surface area (Å²) >= 11 is 0. The average Bonchev–Trinajstić information content (AvgIpc) is 3.22. The van der Waals surface area contributed by atoms with E-state index in [4.69, 9.17) is 10.7 Å². The number of aromatic nitrogens is 4. The van der Waals surface area contributed by atoms with Gasteiger partial charge in [0.05, 0.1) is 35.4 Å². The maximum atomic E-state index is 9.51. The molecule has 1 aliphatic rings. The lowest BCUT2D eigenvalue weighted by molar-refractivity contribution is 0.276. The van der Waals surface area contributed by atoms with E-state index in [1.807, 2.05) is 41.2 Å². The molecule has 7 nitrogen and oxygen atoms in total. The van der Waals surface area contributed by atoms with Crippen molar-refractivity contribution in [1.82, 2.24) is 19.7 Å². The van der Waals surface area contributed by atoms with Gasteiger partial charge in [-0.25, -0.2) is 9.67 Å². The van der Waals surface area contributed by atoms with Crippen LogP contribution in [0.15, 0.2) is 54.7 Å². The first-order valence-corrected chi connectivity index (χ1v) is 11.2. The van der Waals surface area contributed by atoms with Crippen LogP contribution in [0.2, 0.25) is 0 Å². The fourth-order valence-electron chi connectivity index (χ4n) is 4.21. The van der Waals surface area contributed by atoms with Gasteiger partial charge in [0.2, 0.25) is 0 Å². The lowest BCUT2D eigenvalue weighted by atomic mass is 10.0. The monoisotopic (exact) mass is 428 g/mol. The van der Waals surface area contributed by atoms with Crippen molar-refractivity contribution >= 4 is 16.6 Å². The van der Waals surface area contributed by atoms with Gasteiger partial charge >= 0.3 is 0 Å². The maximum absolute atomic E-state index is 9.51. The highest BCUT2D eigenvalue weighted by Gasteiger charge is 2.21. The largest absolute Gasteiger partial charge is 0.390 e. The number of hydrogen-bond donors (Lipinski definition) is 2. The number of aliphatic hydroxyl groups excluding tert-OH is 1. The third-order valence-corrected chi connectivity index (χ3v) is 6.08. The number of rotatable bonds is 7. The van der Waals surface area contributed by atoms with Crippen LogP contribution in [0, 0.1) is 0 Å². The molecule has 32 heavy (non-hydrogen) atoms. The molecule has 0 spiro atoms. The summed E-state index contributed by atoms with van der Waals surface area (Å²) < 4.78 is 1.84. The van der Waals surface area contributed by atoms with Gasteiger partial charge in [0.1, 0.15) is 0 Å². The van der Waals surface area contributed by atoms with E-state index >= 15 is 0 Å². The molecule has 7 heteroatoms. The van der Waals surface area contributed by atoms with Crippen molar-refractivity contribution in [2.75, 3.05) is 18.0 Å². The Balaban J connectivity index is 1.66. The average molecular weight is 429 g/mol. The van der Waals surface area contributed by atoms with Gasteiger partial charge in [-0.05, 0) is 49.2 Å². The Hall–Kier alpha value is -3.29. The van der Waals surface area contributed by atoms with Crippen molar-refractivity contribution in [3.63, 3.8) is 0 Å². The smallest absolute Gasteiger partial charge is 0.154 e. The Labute approximate surface area is 187 Å². The van der Waals surface area contributed by atoms with Gasteiger partial charge in [0.15, 0.2) is 5.82 Å². The molecule has 0 bridgehead atoms. The van der Waals surface area contributed by atoms with E-state index < -0.39 is 0 Å². The summed E-state index contributed by atoms with van der Waals surface area (Å²) in [5.74, 6) is 0.685. The van der Waals surface area contributed by atoms with Gasteiger partial charge in [-0.15, -0.1) is 0 Å². The third-order valence-electron chi connectivity index (χ3n) is 6.08. The van der Waals surface area contributed by atoms with Crippen molar-refractivity contribution in [3.05, 3.63) is 66.1 Å². The number of fused-ring (bicyclic) bond motifs is 1. The maximum Gasteiger partial charge on any atom is 0.154 e. The minimum atomic E-state index is -0.105. The van der Waals surface area contributed by atoms with Crippen LogP contribution >= 0.6 is 0 Å².